The van der Waals surface area contributed by atoms with Gasteiger partial charge in [0, 0.05) is 17.9 Å². The molecule has 1 aromatic rings. The smallest absolute Gasteiger partial charge is 0.415 e. The first-order valence-electron chi connectivity index (χ1n) is 7.64. The van der Waals surface area contributed by atoms with E-state index in [0.717, 1.165) is 11.6 Å². The lowest BCUT2D eigenvalue weighted by atomic mass is 10.2. The lowest BCUT2D eigenvalue weighted by Crippen LogP contribution is -2.32. The summed E-state index contributed by atoms with van der Waals surface area (Å²) in [6.07, 6.45) is -4.06. The lowest BCUT2D eigenvalue weighted by molar-refractivity contribution is -0.0878. The van der Waals surface area contributed by atoms with Gasteiger partial charge in [0.2, 0.25) is 0 Å². The Morgan fingerprint density at radius 2 is 1.92 bits per heavy atom. The fraction of sp³-hybridized carbons (Fsp3) is 0.389. The summed E-state index contributed by atoms with van der Waals surface area (Å²) in [6.45, 7) is 10.1. The summed E-state index contributed by atoms with van der Waals surface area (Å²) in [5.41, 5.74) is 0.168. The van der Waals surface area contributed by atoms with E-state index in [2.05, 4.69) is 17.2 Å². The number of alkyl halides is 3. The number of anilines is 1. The molecule has 0 saturated heterocycles. The summed E-state index contributed by atoms with van der Waals surface area (Å²) >= 11 is 0. The van der Waals surface area contributed by atoms with Crippen molar-refractivity contribution in [2.75, 3.05) is 5.32 Å². The minimum Gasteiger partial charge on any atom is -0.444 e. The van der Waals surface area contributed by atoms with Crippen molar-refractivity contribution in [3.05, 3.63) is 53.8 Å². The first kappa shape index (κ1) is 20.6. The third-order valence-electron chi connectivity index (χ3n) is 2.86. The van der Waals surface area contributed by atoms with Crippen LogP contribution < -0.4 is 10.6 Å². The molecule has 2 N–H and O–H groups in total. The number of halogens is 3. The second-order valence-corrected chi connectivity index (χ2v) is 6.53. The maximum atomic E-state index is 12.5. The van der Waals surface area contributed by atoms with E-state index >= 15 is 0 Å². The van der Waals surface area contributed by atoms with Gasteiger partial charge in [-0.1, -0.05) is 18.7 Å². The van der Waals surface area contributed by atoms with E-state index in [-0.39, 0.29) is 6.54 Å². The zero-order chi connectivity index (χ0) is 19.3. The molecule has 138 valence electrons. The summed E-state index contributed by atoms with van der Waals surface area (Å²) in [4.78, 5) is 11.6. The molecule has 0 aromatic heterocycles. The minimum absolute atomic E-state index is 0.239. The molecule has 1 aromatic carbocycles. The minimum atomic E-state index is -4.46. The van der Waals surface area contributed by atoms with Crippen LogP contribution in [0.5, 0.6) is 0 Å². The first-order chi connectivity index (χ1) is 11.4. The van der Waals surface area contributed by atoms with Crippen LogP contribution in [0.1, 0.15) is 33.3 Å². The average Bonchev–Trinajstić information content (AvgIpc) is 2.42. The molecular weight excluding hydrogens is 333 g/mol. The van der Waals surface area contributed by atoms with E-state index in [4.69, 9.17) is 4.74 Å². The molecule has 0 atom stereocenters. The Kier molecular flexibility index (Phi) is 6.67. The molecule has 4 nitrogen and oxygen atoms in total. The number of rotatable bonds is 5. The third kappa shape index (κ3) is 8.28. The van der Waals surface area contributed by atoms with E-state index in [1.165, 1.54) is 6.92 Å². The van der Waals surface area contributed by atoms with Crippen molar-refractivity contribution in [3.63, 3.8) is 0 Å². The first-order valence-corrected chi connectivity index (χ1v) is 7.64. The quantitative estimate of drug-likeness (QED) is 0.718. The molecule has 0 fully saturated rings. The van der Waals surface area contributed by atoms with Gasteiger partial charge in [0.25, 0.3) is 0 Å². The van der Waals surface area contributed by atoms with E-state index in [1.54, 1.807) is 45.0 Å². The van der Waals surface area contributed by atoms with Crippen molar-refractivity contribution in [2.45, 2.75) is 46.0 Å². The number of nitrogens with one attached hydrogen (secondary N) is 2. The Bertz CT molecular complexity index is 659. The Morgan fingerprint density at radius 1 is 1.28 bits per heavy atom. The maximum absolute atomic E-state index is 12.5. The summed E-state index contributed by atoms with van der Waals surface area (Å²) in [7, 11) is 0. The van der Waals surface area contributed by atoms with Gasteiger partial charge in [-0.05, 0) is 51.5 Å². The molecule has 0 aliphatic rings. The van der Waals surface area contributed by atoms with E-state index in [9.17, 15) is 18.0 Å². The zero-order valence-corrected chi connectivity index (χ0v) is 14.8. The predicted molar refractivity (Wildman–Crippen MR) is 92.1 cm³/mol. The predicted octanol–water partition coefficient (Wildman–Crippen LogP) is 5.15. The van der Waals surface area contributed by atoms with Crippen molar-refractivity contribution in [2.24, 2.45) is 0 Å². The van der Waals surface area contributed by atoms with Gasteiger partial charge < -0.3 is 15.4 Å². The van der Waals surface area contributed by atoms with E-state index in [0.29, 0.717) is 11.4 Å². The SMILES string of the molecule is C=C(/C=C(/C)Nc1cccc(CNC(=O)OC(C)(C)C)c1)C(F)(F)F. The Balaban J connectivity index is 2.68. The van der Waals surface area contributed by atoms with Crippen LogP contribution in [0.3, 0.4) is 0 Å². The van der Waals surface area contributed by atoms with Crippen LogP contribution in [0.15, 0.2) is 48.2 Å². The van der Waals surface area contributed by atoms with Gasteiger partial charge in [0.05, 0.1) is 5.57 Å². The highest BCUT2D eigenvalue weighted by molar-refractivity contribution is 5.67. The standard InChI is InChI=1S/C18H23F3N2O2/c1-12(18(19,20)21)9-13(2)23-15-8-6-7-14(10-15)11-22-16(24)25-17(3,4)5/h6-10,23H,1,11H2,2-5H3,(H,22,24)/b13-9-. The number of allylic oxidation sites excluding steroid dienone is 3. The normalized spacial score (nSPS) is 12.5. The molecule has 0 bridgehead atoms. The number of hydrogen-bond donors (Lipinski definition) is 2. The number of hydrogen-bond acceptors (Lipinski definition) is 3. The molecule has 1 amide bonds. The van der Waals surface area contributed by atoms with Gasteiger partial charge >= 0.3 is 12.3 Å². The summed E-state index contributed by atoms with van der Waals surface area (Å²) in [6, 6.07) is 6.96. The highest BCUT2D eigenvalue weighted by Gasteiger charge is 2.30. The molecule has 0 aliphatic heterocycles. The molecular formula is C18H23F3N2O2. The lowest BCUT2D eigenvalue weighted by Gasteiger charge is -2.19. The summed E-state index contributed by atoms with van der Waals surface area (Å²) in [5, 5.41) is 5.49. The molecule has 0 spiro atoms. The van der Waals surface area contributed by atoms with E-state index < -0.39 is 23.4 Å². The van der Waals surface area contributed by atoms with Crippen molar-refractivity contribution in [1.82, 2.24) is 5.32 Å². The van der Waals surface area contributed by atoms with E-state index in [1.807, 2.05) is 0 Å². The highest BCUT2D eigenvalue weighted by atomic mass is 19.4. The topological polar surface area (TPSA) is 50.4 Å². The fourth-order valence-corrected chi connectivity index (χ4v) is 1.85. The molecule has 0 radical (unpaired) electrons. The number of carbonyl (C=O) groups is 1. The van der Waals surface area contributed by atoms with Crippen LogP contribution in [0.4, 0.5) is 23.7 Å². The van der Waals surface area contributed by atoms with Crippen LogP contribution in [0.25, 0.3) is 0 Å². The number of benzene rings is 1. The van der Waals surface area contributed by atoms with Crippen molar-refractivity contribution >= 4 is 11.8 Å². The second kappa shape index (κ2) is 8.09. The molecule has 25 heavy (non-hydrogen) atoms. The Labute approximate surface area is 145 Å². The maximum Gasteiger partial charge on any atom is 0.415 e. The fourth-order valence-electron chi connectivity index (χ4n) is 1.85. The average molecular weight is 356 g/mol. The van der Waals surface area contributed by atoms with Gasteiger partial charge in [0.1, 0.15) is 5.60 Å². The van der Waals surface area contributed by atoms with Gasteiger partial charge in [-0.2, -0.15) is 13.2 Å². The van der Waals surface area contributed by atoms with Gasteiger partial charge in [0.15, 0.2) is 0 Å². The summed E-state index contributed by atoms with van der Waals surface area (Å²) < 4.78 is 42.6. The van der Waals surface area contributed by atoms with Crippen LogP contribution in [0, 0.1) is 0 Å². The Morgan fingerprint density at radius 3 is 2.48 bits per heavy atom. The summed E-state index contributed by atoms with van der Waals surface area (Å²) in [5.74, 6) is 0. The van der Waals surface area contributed by atoms with Crippen LogP contribution in [-0.4, -0.2) is 17.9 Å². The van der Waals surface area contributed by atoms with Crippen LogP contribution in [0.2, 0.25) is 0 Å². The third-order valence-corrected chi connectivity index (χ3v) is 2.86. The zero-order valence-electron chi connectivity index (χ0n) is 14.8. The van der Waals surface area contributed by atoms with Crippen molar-refractivity contribution < 1.29 is 22.7 Å². The van der Waals surface area contributed by atoms with Crippen molar-refractivity contribution in [1.29, 1.82) is 0 Å². The van der Waals surface area contributed by atoms with Crippen LogP contribution >= 0.6 is 0 Å². The largest absolute Gasteiger partial charge is 0.444 e. The van der Waals surface area contributed by atoms with Crippen LogP contribution in [-0.2, 0) is 11.3 Å². The van der Waals surface area contributed by atoms with Gasteiger partial charge in [-0.3, -0.25) is 0 Å². The second-order valence-electron chi connectivity index (χ2n) is 6.53. The monoisotopic (exact) mass is 356 g/mol. The van der Waals surface area contributed by atoms with Gasteiger partial charge in [-0.15, -0.1) is 0 Å². The molecule has 0 heterocycles. The molecule has 1 rings (SSSR count). The molecule has 0 unspecified atom stereocenters. The number of amides is 1. The molecule has 0 saturated carbocycles. The number of carbonyl (C=O) groups excluding carboxylic acids is 1. The highest BCUT2D eigenvalue weighted by Crippen LogP contribution is 2.26. The molecule has 0 aliphatic carbocycles. The Hall–Kier alpha value is -2.44. The molecule has 7 heteroatoms. The number of ether oxygens (including phenoxy) is 1. The van der Waals surface area contributed by atoms with Crippen molar-refractivity contribution in [3.8, 4) is 0 Å². The number of alkyl carbamates (subject to hydrolysis) is 1. The van der Waals surface area contributed by atoms with Gasteiger partial charge in [-0.25, -0.2) is 4.79 Å².